The van der Waals surface area contributed by atoms with Gasteiger partial charge in [-0.3, -0.25) is 0 Å². The number of aryl methyl sites for hydroxylation is 2. The van der Waals surface area contributed by atoms with E-state index in [4.69, 9.17) is 0 Å². The summed E-state index contributed by atoms with van der Waals surface area (Å²) in [4.78, 5) is 0. The van der Waals surface area contributed by atoms with Crippen molar-refractivity contribution >= 4 is 0 Å². The molecule has 0 aliphatic heterocycles. The maximum Gasteiger partial charge on any atom is 0.126 e. The third kappa shape index (κ3) is 2.26. The normalized spacial score (nSPS) is 10.9. The second-order valence-electron chi connectivity index (χ2n) is 5.22. The minimum atomic E-state index is 0.329. The predicted octanol–water partition coefficient (Wildman–Crippen LogP) is 4.80. The maximum atomic E-state index is 10.4. The zero-order valence-corrected chi connectivity index (χ0v) is 11.5. The van der Waals surface area contributed by atoms with Gasteiger partial charge >= 0.3 is 0 Å². The molecule has 0 saturated carbocycles. The van der Waals surface area contributed by atoms with E-state index in [-0.39, 0.29) is 0 Å². The van der Waals surface area contributed by atoms with Crippen molar-refractivity contribution in [3.8, 4) is 16.9 Å². The summed E-state index contributed by atoms with van der Waals surface area (Å²) in [5, 5.41) is 10.4. The van der Waals surface area contributed by atoms with Crippen LogP contribution in [-0.4, -0.2) is 5.11 Å². The fraction of sp³-hybridized carbons (Fsp3) is 0.294. The average Bonchev–Trinajstić information content (AvgIpc) is 2.32. The first-order chi connectivity index (χ1) is 8.50. The molecule has 0 spiro atoms. The third-order valence-corrected chi connectivity index (χ3v) is 3.37. The number of rotatable bonds is 2. The van der Waals surface area contributed by atoms with Crippen LogP contribution in [0.4, 0.5) is 0 Å². The first-order valence-electron chi connectivity index (χ1n) is 6.40. The van der Waals surface area contributed by atoms with Crippen LogP contribution in [-0.2, 0) is 0 Å². The highest BCUT2D eigenvalue weighted by Crippen LogP contribution is 2.37. The van der Waals surface area contributed by atoms with Crippen LogP contribution in [0.1, 0.15) is 36.5 Å². The quantitative estimate of drug-likeness (QED) is 0.799. The fourth-order valence-electron chi connectivity index (χ4n) is 2.27. The van der Waals surface area contributed by atoms with Crippen LogP contribution in [0.5, 0.6) is 5.75 Å². The summed E-state index contributed by atoms with van der Waals surface area (Å²) in [6.07, 6.45) is 0. The van der Waals surface area contributed by atoms with Gasteiger partial charge in [-0.1, -0.05) is 55.8 Å². The van der Waals surface area contributed by atoms with Crippen molar-refractivity contribution in [3.05, 3.63) is 53.1 Å². The van der Waals surface area contributed by atoms with Crippen LogP contribution in [0.3, 0.4) is 0 Å². The van der Waals surface area contributed by atoms with E-state index in [1.807, 2.05) is 18.2 Å². The van der Waals surface area contributed by atoms with E-state index in [1.165, 1.54) is 11.1 Å². The molecule has 0 aliphatic carbocycles. The Hall–Kier alpha value is -1.76. The van der Waals surface area contributed by atoms with E-state index in [1.54, 1.807) is 0 Å². The molecule has 0 amide bonds. The molecule has 0 fully saturated rings. The monoisotopic (exact) mass is 240 g/mol. The van der Waals surface area contributed by atoms with Crippen LogP contribution >= 0.6 is 0 Å². The maximum absolute atomic E-state index is 10.4. The third-order valence-electron chi connectivity index (χ3n) is 3.37. The van der Waals surface area contributed by atoms with E-state index >= 15 is 0 Å². The summed E-state index contributed by atoms with van der Waals surface area (Å²) in [5.41, 5.74) is 5.47. The van der Waals surface area contributed by atoms with Crippen molar-refractivity contribution in [2.45, 2.75) is 33.6 Å². The number of aromatic hydroxyl groups is 1. The minimum absolute atomic E-state index is 0.329. The van der Waals surface area contributed by atoms with Gasteiger partial charge in [-0.05, 0) is 36.5 Å². The van der Waals surface area contributed by atoms with E-state index in [0.717, 1.165) is 16.7 Å². The Morgan fingerprint density at radius 3 is 2.33 bits per heavy atom. The number of para-hydroxylation sites is 1. The number of phenols is 1. The van der Waals surface area contributed by atoms with Gasteiger partial charge in [-0.2, -0.15) is 0 Å². The summed E-state index contributed by atoms with van der Waals surface area (Å²) >= 11 is 0. The first-order valence-corrected chi connectivity index (χ1v) is 6.40. The van der Waals surface area contributed by atoms with Gasteiger partial charge in [-0.25, -0.2) is 0 Å². The molecule has 18 heavy (non-hydrogen) atoms. The second kappa shape index (κ2) is 4.85. The van der Waals surface area contributed by atoms with Crippen LogP contribution in [0, 0.1) is 13.8 Å². The van der Waals surface area contributed by atoms with Gasteiger partial charge in [0.2, 0.25) is 0 Å². The highest BCUT2D eigenvalue weighted by Gasteiger charge is 2.12. The van der Waals surface area contributed by atoms with Crippen molar-refractivity contribution in [2.75, 3.05) is 0 Å². The van der Waals surface area contributed by atoms with Gasteiger partial charge in [0.25, 0.3) is 0 Å². The number of phenolic OH excluding ortho intramolecular Hbond substituents is 1. The average molecular weight is 240 g/mol. The molecule has 1 heteroatoms. The molecule has 0 aliphatic rings. The Bertz CT molecular complexity index is 568. The second-order valence-corrected chi connectivity index (χ2v) is 5.22. The highest BCUT2D eigenvalue weighted by molar-refractivity contribution is 5.75. The summed E-state index contributed by atoms with van der Waals surface area (Å²) in [5.74, 6) is 0.747. The lowest BCUT2D eigenvalue weighted by Crippen LogP contribution is -1.92. The largest absolute Gasteiger partial charge is 0.507 e. The number of hydrogen-bond acceptors (Lipinski definition) is 1. The zero-order chi connectivity index (χ0) is 13.3. The molecule has 0 bridgehead atoms. The van der Waals surface area contributed by atoms with Crippen molar-refractivity contribution < 1.29 is 5.11 Å². The van der Waals surface area contributed by atoms with E-state index in [9.17, 15) is 5.11 Å². The van der Waals surface area contributed by atoms with Crippen molar-refractivity contribution in [3.63, 3.8) is 0 Å². The van der Waals surface area contributed by atoms with Crippen LogP contribution in [0.2, 0.25) is 0 Å². The van der Waals surface area contributed by atoms with Crippen molar-refractivity contribution in [1.82, 2.24) is 0 Å². The first kappa shape index (κ1) is 12.7. The van der Waals surface area contributed by atoms with Gasteiger partial charge < -0.3 is 5.11 Å². The van der Waals surface area contributed by atoms with E-state index < -0.39 is 0 Å². The Morgan fingerprint density at radius 2 is 1.67 bits per heavy atom. The van der Waals surface area contributed by atoms with E-state index in [0.29, 0.717) is 11.7 Å². The van der Waals surface area contributed by atoms with E-state index in [2.05, 4.69) is 45.9 Å². The SMILES string of the molecule is Cc1ccc(C)c(-c2cccc(C(C)C)c2O)c1. The Kier molecular flexibility index (Phi) is 3.42. The van der Waals surface area contributed by atoms with Gasteiger partial charge in [0, 0.05) is 5.56 Å². The molecule has 0 atom stereocenters. The number of hydrogen-bond donors (Lipinski definition) is 1. The molecular formula is C17H20O. The van der Waals surface area contributed by atoms with Gasteiger partial charge in [0.1, 0.15) is 5.75 Å². The Labute approximate surface area is 109 Å². The lowest BCUT2D eigenvalue weighted by molar-refractivity contribution is 0.467. The summed E-state index contributed by atoms with van der Waals surface area (Å²) in [6.45, 7) is 8.35. The molecule has 2 aromatic rings. The summed E-state index contributed by atoms with van der Waals surface area (Å²) in [7, 11) is 0. The highest BCUT2D eigenvalue weighted by atomic mass is 16.3. The zero-order valence-electron chi connectivity index (χ0n) is 11.5. The van der Waals surface area contributed by atoms with Crippen LogP contribution < -0.4 is 0 Å². The molecular weight excluding hydrogens is 220 g/mol. The predicted molar refractivity (Wildman–Crippen MR) is 77.1 cm³/mol. The molecule has 1 nitrogen and oxygen atoms in total. The van der Waals surface area contributed by atoms with Crippen molar-refractivity contribution in [2.24, 2.45) is 0 Å². The van der Waals surface area contributed by atoms with Gasteiger partial charge in [0.05, 0.1) is 0 Å². The molecule has 2 aromatic carbocycles. The lowest BCUT2D eigenvalue weighted by Gasteiger charge is -2.14. The molecule has 0 saturated heterocycles. The summed E-state index contributed by atoms with van der Waals surface area (Å²) in [6, 6.07) is 12.3. The fourth-order valence-corrected chi connectivity index (χ4v) is 2.27. The minimum Gasteiger partial charge on any atom is -0.507 e. The lowest BCUT2D eigenvalue weighted by atomic mass is 9.93. The molecule has 0 radical (unpaired) electrons. The van der Waals surface area contributed by atoms with Crippen LogP contribution in [0.25, 0.3) is 11.1 Å². The molecule has 1 N–H and O–H groups in total. The molecule has 0 heterocycles. The van der Waals surface area contributed by atoms with Crippen LogP contribution in [0.15, 0.2) is 36.4 Å². The molecule has 0 unspecified atom stereocenters. The standard InChI is InChI=1S/C17H20O/c1-11(2)14-6-5-7-15(17(14)18)16-10-12(3)8-9-13(16)4/h5-11,18H,1-4H3. The Morgan fingerprint density at radius 1 is 0.944 bits per heavy atom. The topological polar surface area (TPSA) is 20.2 Å². The smallest absolute Gasteiger partial charge is 0.126 e. The molecule has 2 rings (SSSR count). The molecule has 94 valence electrons. The molecule has 0 aromatic heterocycles. The van der Waals surface area contributed by atoms with Crippen molar-refractivity contribution in [1.29, 1.82) is 0 Å². The number of benzene rings is 2. The summed E-state index contributed by atoms with van der Waals surface area (Å²) < 4.78 is 0. The van der Waals surface area contributed by atoms with Gasteiger partial charge in [-0.15, -0.1) is 0 Å². The van der Waals surface area contributed by atoms with Gasteiger partial charge in [0.15, 0.2) is 0 Å². The Balaban J connectivity index is 2.64.